The van der Waals surface area contributed by atoms with E-state index in [0.29, 0.717) is 23.0 Å². The summed E-state index contributed by atoms with van der Waals surface area (Å²) < 4.78 is 13.2. The van der Waals surface area contributed by atoms with Crippen molar-refractivity contribution in [3.63, 3.8) is 0 Å². The zero-order valence-electron chi connectivity index (χ0n) is 16.7. The molecule has 1 saturated heterocycles. The maximum absolute atomic E-state index is 13.2. The third kappa shape index (κ3) is 4.71. The summed E-state index contributed by atoms with van der Waals surface area (Å²) in [5.41, 5.74) is 1.46. The van der Waals surface area contributed by atoms with Crippen LogP contribution in [0.3, 0.4) is 0 Å². The number of benzene rings is 1. The number of rotatable bonds is 6. The summed E-state index contributed by atoms with van der Waals surface area (Å²) in [4.78, 5) is 27.7. The number of carbonyl (C=O) groups excluding carboxylic acids is 1. The van der Waals surface area contributed by atoms with E-state index in [-0.39, 0.29) is 17.8 Å². The van der Waals surface area contributed by atoms with E-state index in [0.717, 1.165) is 31.5 Å². The number of carbonyl (C=O) groups is 1. The molecule has 7 nitrogen and oxygen atoms in total. The zero-order chi connectivity index (χ0) is 20.9. The van der Waals surface area contributed by atoms with E-state index in [1.54, 1.807) is 42.9 Å². The standard InChI is InChI=1S/C22H23FN6O/c1-15(16-4-6-18(23)7-5-16)26-19-12-17(22(30)29-10-2-3-11-29)13-20(27-19)28-21-14-24-8-9-25-21/h4-9,12-15H,2-3,10-11H2,1H3,(H2,25,26,27,28). The van der Waals surface area contributed by atoms with Gasteiger partial charge in [0.2, 0.25) is 0 Å². The van der Waals surface area contributed by atoms with Gasteiger partial charge in [0.15, 0.2) is 0 Å². The van der Waals surface area contributed by atoms with Gasteiger partial charge < -0.3 is 15.5 Å². The number of hydrogen-bond donors (Lipinski definition) is 2. The van der Waals surface area contributed by atoms with Gasteiger partial charge in [0.25, 0.3) is 5.91 Å². The molecule has 1 aliphatic rings. The van der Waals surface area contributed by atoms with Crippen LogP contribution >= 0.6 is 0 Å². The molecular formula is C22H23FN6O. The number of halogens is 1. The normalized spacial score (nSPS) is 14.4. The third-order valence-electron chi connectivity index (χ3n) is 5.02. The molecule has 8 heteroatoms. The molecule has 0 spiro atoms. The van der Waals surface area contributed by atoms with Crippen LogP contribution in [0.1, 0.15) is 41.7 Å². The van der Waals surface area contributed by atoms with Gasteiger partial charge >= 0.3 is 0 Å². The van der Waals surface area contributed by atoms with Gasteiger partial charge in [0.05, 0.1) is 6.20 Å². The highest BCUT2D eigenvalue weighted by atomic mass is 19.1. The van der Waals surface area contributed by atoms with Crippen LogP contribution in [-0.4, -0.2) is 38.8 Å². The Bertz CT molecular complexity index is 1010. The van der Waals surface area contributed by atoms with Gasteiger partial charge in [-0.3, -0.25) is 9.78 Å². The lowest BCUT2D eigenvalue weighted by molar-refractivity contribution is 0.0793. The van der Waals surface area contributed by atoms with Crippen LogP contribution in [0.15, 0.2) is 55.0 Å². The summed E-state index contributed by atoms with van der Waals surface area (Å²) in [6.07, 6.45) is 6.80. The summed E-state index contributed by atoms with van der Waals surface area (Å²) in [7, 11) is 0. The smallest absolute Gasteiger partial charge is 0.254 e. The Kier molecular flexibility index (Phi) is 5.83. The highest BCUT2D eigenvalue weighted by Crippen LogP contribution is 2.24. The first-order valence-corrected chi connectivity index (χ1v) is 9.95. The second-order valence-electron chi connectivity index (χ2n) is 7.26. The van der Waals surface area contributed by atoms with E-state index in [1.165, 1.54) is 12.1 Å². The molecule has 30 heavy (non-hydrogen) atoms. The molecule has 1 atom stereocenters. The molecule has 1 amide bonds. The van der Waals surface area contributed by atoms with Gasteiger partial charge in [-0.2, -0.15) is 0 Å². The summed E-state index contributed by atoms with van der Waals surface area (Å²) in [5, 5.41) is 6.41. The molecule has 0 radical (unpaired) electrons. The van der Waals surface area contributed by atoms with Gasteiger partial charge in [0, 0.05) is 37.1 Å². The van der Waals surface area contributed by atoms with E-state index in [4.69, 9.17) is 0 Å². The second kappa shape index (κ2) is 8.86. The number of nitrogens with one attached hydrogen (secondary N) is 2. The Balaban J connectivity index is 1.62. The molecule has 4 rings (SSSR count). The predicted octanol–water partition coefficient (Wildman–Crippen LogP) is 4.16. The highest BCUT2D eigenvalue weighted by Gasteiger charge is 2.21. The van der Waals surface area contributed by atoms with E-state index >= 15 is 0 Å². The minimum absolute atomic E-state index is 0.0189. The number of aromatic nitrogens is 3. The van der Waals surface area contributed by atoms with Crippen molar-refractivity contribution in [3.05, 3.63) is 71.9 Å². The molecule has 3 heterocycles. The molecule has 1 aromatic carbocycles. The number of pyridine rings is 1. The van der Waals surface area contributed by atoms with Gasteiger partial charge in [-0.25, -0.2) is 14.4 Å². The molecule has 154 valence electrons. The van der Waals surface area contributed by atoms with Crippen LogP contribution in [0.2, 0.25) is 0 Å². The fourth-order valence-corrected chi connectivity index (χ4v) is 3.45. The van der Waals surface area contributed by atoms with Crippen LogP contribution in [-0.2, 0) is 0 Å². The fraction of sp³-hybridized carbons (Fsp3) is 0.273. The Morgan fingerprint density at radius 2 is 1.80 bits per heavy atom. The molecule has 0 aliphatic carbocycles. The minimum Gasteiger partial charge on any atom is -0.363 e. The van der Waals surface area contributed by atoms with Crippen molar-refractivity contribution in [2.24, 2.45) is 0 Å². The summed E-state index contributed by atoms with van der Waals surface area (Å²) >= 11 is 0. The predicted molar refractivity (Wildman–Crippen MR) is 113 cm³/mol. The first-order valence-electron chi connectivity index (χ1n) is 9.95. The molecular weight excluding hydrogens is 383 g/mol. The molecule has 0 saturated carbocycles. The van der Waals surface area contributed by atoms with Crippen molar-refractivity contribution >= 4 is 23.4 Å². The molecule has 2 N–H and O–H groups in total. The highest BCUT2D eigenvalue weighted by molar-refractivity contribution is 5.96. The second-order valence-corrected chi connectivity index (χ2v) is 7.26. The van der Waals surface area contributed by atoms with Crippen molar-refractivity contribution < 1.29 is 9.18 Å². The van der Waals surface area contributed by atoms with Crippen molar-refractivity contribution in [1.29, 1.82) is 0 Å². The van der Waals surface area contributed by atoms with E-state index in [1.807, 2.05) is 11.8 Å². The summed E-state index contributed by atoms with van der Waals surface area (Å²) in [5.74, 6) is 1.28. The van der Waals surface area contributed by atoms with Crippen LogP contribution in [0.4, 0.5) is 21.8 Å². The maximum atomic E-state index is 13.2. The Labute approximate surface area is 174 Å². The van der Waals surface area contributed by atoms with Crippen molar-refractivity contribution in [3.8, 4) is 0 Å². The average Bonchev–Trinajstić information content (AvgIpc) is 3.29. The first kappa shape index (κ1) is 19.8. The summed E-state index contributed by atoms with van der Waals surface area (Å²) in [6.45, 7) is 3.49. The van der Waals surface area contributed by atoms with Gasteiger partial charge in [-0.05, 0) is 49.6 Å². The third-order valence-corrected chi connectivity index (χ3v) is 5.02. The monoisotopic (exact) mass is 406 g/mol. The molecule has 3 aromatic rings. The van der Waals surface area contributed by atoms with E-state index < -0.39 is 0 Å². The number of likely N-dealkylation sites (tertiary alicyclic amines) is 1. The van der Waals surface area contributed by atoms with Crippen LogP contribution in [0.25, 0.3) is 0 Å². The maximum Gasteiger partial charge on any atom is 0.254 e. The lowest BCUT2D eigenvalue weighted by Gasteiger charge is -2.19. The SMILES string of the molecule is CC(Nc1cc(C(=O)N2CCCC2)cc(Nc2cnccn2)n1)c1ccc(F)cc1. The van der Waals surface area contributed by atoms with Gasteiger partial charge in [0.1, 0.15) is 23.3 Å². The Morgan fingerprint density at radius 1 is 1.07 bits per heavy atom. The van der Waals surface area contributed by atoms with Crippen molar-refractivity contribution in [2.45, 2.75) is 25.8 Å². The number of amides is 1. The number of anilines is 3. The molecule has 1 fully saturated rings. The van der Waals surface area contributed by atoms with E-state index in [2.05, 4.69) is 25.6 Å². The molecule has 1 aliphatic heterocycles. The van der Waals surface area contributed by atoms with Crippen molar-refractivity contribution in [2.75, 3.05) is 23.7 Å². The van der Waals surface area contributed by atoms with Gasteiger partial charge in [-0.15, -0.1) is 0 Å². The van der Waals surface area contributed by atoms with Crippen molar-refractivity contribution in [1.82, 2.24) is 19.9 Å². The quantitative estimate of drug-likeness (QED) is 0.640. The lowest BCUT2D eigenvalue weighted by atomic mass is 10.1. The van der Waals surface area contributed by atoms with E-state index in [9.17, 15) is 9.18 Å². The largest absolute Gasteiger partial charge is 0.363 e. The summed E-state index contributed by atoms with van der Waals surface area (Å²) in [6, 6.07) is 9.66. The van der Waals surface area contributed by atoms with Crippen LogP contribution in [0, 0.1) is 5.82 Å². The van der Waals surface area contributed by atoms with Crippen LogP contribution in [0.5, 0.6) is 0 Å². The lowest BCUT2D eigenvalue weighted by Crippen LogP contribution is -2.27. The molecule has 0 bridgehead atoms. The minimum atomic E-state index is -0.280. The molecule has 1 unspecified atom stereocenters. The number of hydrogen-bond acceptors (Lipinski definition) is 6. The Hall–Kier alpha value is -3.55. The van der Waals surface area contributed by atoms with Crippen LogP contribution < -0.4 is 10.6 Å². The average molecular weight is 406 g/mol. The molecule has 2 aromatic heterocycles. The number of nitrogens with zero attached hydrogens (tertiary/aromatic N) is 4. The zero-order valence-corrected chi connectivity index (χ0v) is 16.7. The fourth-order valence-electron chi connectivity index (χ4n) is 3.45. The Morgan fingerprint density at radius 3 is 2.50 bits per heavy atom. The topological polar surface area (TPSA) is 83.0 Å². The van der Waals surface area contributed by atoms with Gasteiger partial charge in [-0.1, -0.05) is 12.1 Å². The first-order chi connectivity index (χ1) is 14.6.